The van der Waals surface area contributed by atoms with Gasteiger partial charge in [0.2, 0.25) is 5.91 Å². The summed E-state index contributed by atoms with van der Waals surface area (Å²) in [5.41, 5.74) is 6.53. The highest BCUT2D eigenvalue weighted by atomic mass is 16.5. The number of ether oxygens (including phenoxy) is 2. The number of rotatable bonds is 5. The Bertz CT molecular complexity index is 644. The lowest BCUT2D eigenvalue weighted by molar-refractivity contribution is -0.143. The zero-order chi connectivity index (χ0) is 17.7. The second kappa shape index (κ2) is 7.81. The minimum Gasteiger partial charge on any atom is -0.496 e. The van der Waals surface area contributed by atoms with E-state index >= 15 is 0 Å². The van der Waals surface area contributed by atoms with Gasteiger partial charge >= 0.3 is 5.97 Å². The summed E-state index contributed by atoms with van der Waals surface area (Å²) in [6.07, 6.45) is 2.20. The average molecular weight is 334 g/mol. The summed E-state index contributed by atoms with van der Waals surface area (Å²) in [5, 5.41) is 0. The molecule has 1 aromatic carbocycles. The van der Waals surface area contributed by atoms with Crippen LogP contribution in [0.2, 0.25) is 0 Å². The van der Waals surface area contributed by atoms with Crippen LogP contribution in [0.15, 0.2) is 18.2 Å². The second-order valence-corrected chi connectivity index (χ2v) is 5.76. The Morgan fingerprint density at radius 2 is 2.04 bits per heavy atom. The van der Waals surface area contributed by atoms with Gasteiger partial charge in [0.1, 0.15) is 11.8 Å². The molecular weight excluding hydrogens is 312 g/mol. The van der Waals surface area contributed by atoms with Crippen molar-refractivity contribution in [3.63, 3.8) is 0 Å². The lowest BCUT2D eigenvalue weighted by Gasteiger charge is -2.33. The van der Waals surface area contributed by atoms with Crippen molar-refractivity contribution in [2.75, 3.05) is 20.3 Å². The van der Waals surface area contributed by atoms with Crippen molar-refractivity contribution in [2.24, 2.45) is 5.73 Å². The number of amides is 2. The van der Waals surface area contributed by atoms with Gasteiger partial charge in [-0.15, -0.1) is 0 Å². The molecule has 0 aromatic heterocycles. The first-order valence-corrected chi connectivity index (χ1v) is 7.84. The van der Waals surface area contributed by atoms with Crippen molar-refractivity contribution in [3.8, 4) is 5.75 Å². The normalized spacial score (nSPS) is 17.2. The van der Waals surface area contributed by atoms with Gasteiger partial charge in [-0.2, -0.15) is 0 Å². The third-order valence-electron chi connectivity index (χ3n) is 4.12. The number of nitrogens with two attached hydrogens (primary N) is 1. The highest BCUT2D eigenvalue weighted by Gasteiger charge is 2.31. The van der Waals surface area contributed by atoms with Gasteiger partial charge in [0, 0.05) is 6.54 Å². The highest BCUT2D eigenvalue weighted by Crippen LogP contribution is 2.20. The summed E-state index contributed by atoms with van der Waals surface area (Å²) in [7, 11) is 1.52. The Balaban J connectivity index is 1.98. The standard InChI is InChI=1S/C17H22N2O5/c1-11-6-7-12(9-14(11)23-2)17(22)24-10-15(20)19-8-4-3-5-13(19)16(18)21/h6-7,9,13H,3-5,8,10H2,1-2H3,(H2,18,21)/t13-/m1/s1. The van der Waals surface area contributed by atoms with E-state index in [2.05, 4.69) is 0 Å². The molecule has 0 saturated carbocycles. The van der Waals surface area contributed by atoms with E-state index in [1.165, 1.54) is 12.0 Å². The molecule has 1 saturated heterocycles. The number of esters is 1. The Kier molecular flexibility index (Phi) is 5.78. The zero-order valence-corrected chi connectivity index (χ0v) is 13.9. The summed E-state index contributed by atoms with van der Waals surface area (Å²) in [6, 6.07) is 4.29. The number of aryl methyl sites for hydroxylation is 1. The lowest BCUT2D eigenvalue weighted by Crippen LogP contribution is -2.51. The van der Waals surface area contributed by atoms with Crippen molar-refractivity contribution < 1.29 is 23.9 Å². The van der Waals surface area contributed by atoms with Gasteiger partial charge in [-0.1, -0.05) is 6.07 Å². The van der Waals surface area contributed by atoms with Gasteiger partial charge < -0.3 is 20.1 Å². The molecule has 1 atom stereocenters. The van der Waals surface area contributed by atoms with E-state index in [1.54, 1.807) is 18.2 Å². The predicted octanol–water partition coefficient (Wildman–Crippen LogP) is 1.03. The summed E-state index contributed by atoms with van der Waals surface area (Å²) in [4.78, 5) is 37.2. The maximum absolute atomic E-state index is 12.2. The topological polar surface area (TPSA) is 98.9 Å². The van der Waals surface area contributed by atoms with Gasteiger partial charge in [0.05, 0.1) is 12.7 Å². The fraction of sp³-hybridized carbons (Fsp3) is 0.471. The number of methoxy groups -OCH3 is 1. The number of likely N-dealkylation sites (tertiary alicyclic amines) is 1. The number of benzene rings is 1. The fourth-order valence-corrected chi connectivity index (χ4v) is 2.77. The molecule has 24 heavy (non-hydrogen) atoms. The minimum absolute atomic E-state index is 0.301. The van der Waals surface area contributed by atoms with Gasteiger partial charge in [-0.25, -0.2) is 4.79 Å². The van der Waals surface area contributed by atoms with Crippen LogP contribution < -0.4 is 10.5 Å². The molecule has 2 N–H and O–H groups in total. The van der Waals surface area contributed by atoms with Crippen LogP contribution in [-0.4, -0.2) is 49.0 Å². The molecule has 1 aromatic rings. The van der Waals surface area contributed by atoms with Crippen molar-refractivity contribution in [1.29, 1.82) is 0 Å². The molecule has 1 aliphatic heterocycles. The number of primary amides is 1. The SMILES string of the molecule is COc1cc(C(=O)OCC(=O)N2CCCC[C@@H]2C(N)=O)ccc1C. The van der Waals surface area contributed by atoms with Gasteiger partial charge in [-0.3, -0.25) is 9.59 Å². The van der Waals surface area contributed by atoms with E-state index in [0.29, 0.717) is 24.3 Å². The second-order valence-electron chi connectivity index (χ2n) is 5.76. The fourth-order valence-electron chi connectivity index (χ4n) is 2.77. The quantitative estimate of drug-likeness (QED) is 0.811. The third kappa shape index (κ3) is 4.04. The van der Waals surface area contributed by atoms with Crippen molar-refractivity contribution in [3.05, 3.63) is 29.3 Å². The number of hydrogen-bond donors (Lipinski definition) is 1. The van der Waals surface area contributed by atoms with E-state index in [9.17, 15) is 14.4 Å². The van der Waals surface area contributed by atoms with E-state index in [4.69, 9.17) is 15.2 Å². The molecule has 7 heteroatoms. The van der Waals surface area contributed by atoms with Gasteiger partial charge in [-0.05, 0) is 43.9 Å². The molecular formula is C17H22N2O5. The third-order valence-corrected chi connectivity index (χ3v) is 4.12. The van der Waals surface area contributed by atoms with Crippen LogP contribution in [0.25, 0.3) is 0 Å². The Morgan fingerprint density at radius 1 is 1.29 bits per heavy atom. The van der Waals surface area contributed by atoms with Crippen LogP contribution in [0.3, 0.4) is 0 Å². The van der Waals surface area contributed by atoms with E-state index in [0.717, 1.165) is 18.4 Å². The first-order valence-electron chi connectivity index (χ1n) is 7.84. The summed E-state index contributed by atoms with van der Waals surface area (Å²) in [5.74, 6) is -0.988. The molecule has 2 rings (SSSR count). The summed E-state index contributed by atoms with van der Waals surface area (Å²) >= 11 is 0. The molecule has 130 valence electrons. The van der Waals surface area contributed by atoms with Crippen LogP contribution >= 0.6 is 0 Å². The summed E-state index contributed by atoms with van der Waals surface area (Å²) < 4.78 is 10.2. The maximum atomic E-state index is 12.2. The monoisotopic (exact) mass is 334 g/mol. The minimum atomic E-state index is -0.621. The molecule has 0 aliphatic carbocycles. The molecule has 0 bridgehead atoms. The van der Waals surface area contributed by atoms with Crippen LogP contribution in [0.4, 0.5) is 0 Å². The van der Waals surface area contributed by atoms with E-state index in [-0.39, 0.29) is 0 Å². The summed E-state index contributed by atoms with van der Waals surface area (Å²) in [6.45, 7) is 1.89. The molecule has 1 fully saturated rings. The van der Waals surface area contributed by atoms with Crippen LogP contribution in [-0.2, 0) is 14.3 Å². The van der Waals surface area contributed by atoms with Crippen molar-refractivity contribution in [1.82, 2.24) is 4.90 Å². The Morgan fingerprint density at radius 3 is 2.71 bits per heavy atom. The number of nitrogens with zero attached hydrogens (tertiary/aromatic N) is 1. The number of carbonyl (C=O) groups is 3. The number of carbonyl (C=O) groups excluding carboxylic acids is 3. The molecule has 7 nitrogen and oxygen atoms in total. The van der Waals surface area contributed by atoms with E-state index < -0.39 is 30.4 Å². The first kappa shape index (κ1) is 17.8. The Labute approximate surface area is 140 Å². The lowest BCUT2D eigenvalue weighted by atomic mass is 10.0. The first-order chi connectivity index (χ1) is 11.4. The molecule has 0 spiro atoms. The molecule has 1 heterocycles. The predicted molar refractivity (Wildman–Crippen MR) is 86.6 cm³/mol. The van der Waals surface area contributed by atoms with Gasteiger partial charge in [0.15, 0.2) is 6.61 Å². The highest BCUT2D eigenvalue weighted by molar-refractivity contribution is 5.93. The van der Waals surface area contributed by atoms with Crippen LogP contribution in [0, 0.1) is 6.92 Å². The largest absolute Gasteiger partial charge is 0.496 e. The molecule has 0 radical (unpaired) electrons. The van der Waals surface area contributed by atoms with E-state index in [1.807, 2.05) is 6.92 Å². The number of hydrogen-bond acceptors (Lipinski definition) is 5. The van der Waals surface area contributed by atoms with Crippen LogP contribution in [0.1, 0.15) is 35.2 Å². The van der Waals surface area contributed by atoms with Crippen LogP contribution in [0.5, 0.6) is 5.75 Å². The molecule has 0 unspecified atom stereocenters. The molecule has 1 aliphatic rings. The van der Waals surface area contributed by atoms with Crippen molar-refractivity contribution in [2.45, 2.75) is 32.2 Å². The number of piperidine rings is 1. The maximum Gasteiger partial charge on any atom is 0.338 e. The smallest absolute Gasteiger partial charge is 0.338 e. The average Bonchev–Trinajstić information content (AvgIpc) is 2.59. The van der Waals surface area contributed by atoms with Crippen molar-refractivity contribution >= 4 is 17.8 Å². The van der Waals surface area contributed by atoms with Gasteiger partial charge in [0.25, 0.3) is 5.91 Å². The Hall–Kier alpha value is -2.57. The zero-order valence-electron chi connectivity index (χ0n) is 13.9. The molecule has 2 amide bonds.